The molecule has 2 heterocycles. The highest BCUT2D eigenvalue weighted by molar-refractivity contribution is 6.33. The van der Waals surface area contributed by atoms with Crippen LogP contribution >= 0.6 is 11.6 Å². The zero-order valence-corrected chi connectivity index (χ0v) is 16.9. The first kappa shape index (κ1) is 18.0. The maximum absolute atomic E-state index is 13.5. The zero-order chi connectivity index (χ0) is 20.0. The van der Waals surface area contributed by atoms with Gasteiger partial charge in [0.1, 0.15) is 0 Å². The van der Waals surface area contributed by atoms with Crippen molar-refractivity contribution < 1.29 is 4.79 Å². The van der Waals surface area contributed by atoms with E-state index in [-0.39, 0.29) is 11.9 Å². The van der Waals surface area contributed by atoms with Crippen molar-refractivity contribution in [3.63, 3.8) is 0 Å². The van der Waals surface area contributed by atoms with Crippen LogP contribution in [0.25, 0.3) is 10.9 Å². The Kier molecular flexibility index (Phi) is 4.40. The normalized spacial score (nSPS) is 16.1. The summed E-state index contributed by atoms with van der Waals surface area (Å²) in [5.41, 5.74) is 6.35. The predicted octanol–water partition coefficient (Wildman–Crippen LogP) is 5.92. The summed E-state index contributed by atoms with van der Waals surface area (Å²) in [6.45, 7) is 2.73. The van der Waals surface area contributed by atoms with E-state index < -0.39 is 0 Å². The number of hydrogen-bond acceptors (Lipinski definition) is 1. The van der Waals surface area contributed by atoms with E-state index in [4.69, 9.17) is 11.6 Å². The van der Waals surface area contributed by atoms with E-state index in [1.165, 1.54) is 16.5 Å². The highest BCUT2D eigenvalue weighted by Gasteiger charge is 2.35. The number of nitrogens with one attached hydrogen (secondary N) is 1. The molecule has 0 aliphatic carbocycles. The fraction of sp³-hybridized carbons (Fsp3) is 0.160. The van der Waals surface area contributed by atoms with E-state index >= 15 is 0 Å². The number of hydrogen-bond donors (Lipinski definition) is 1. The van der Waals surface area contributed by atoms with Gasteiger partial charge in [-0.1, -0.05) is 71.8 Å². The molecule has 1 aliphatic heterocycles. The Balaban J connectivity index is 1.69. The largest absolute Gasteiger partial charge is 0.356 e. The molecule has 3 aromatic carbocycles. The van der Waals surface area contributed by atoms with Crippen molar-refractivity contribution >= 4 is 28.4 Å². The molecule has 1 aromatic heterocycles. The number of aryl methyl sites for hydroxylation is 1. The van der Waals surface area contributed by atoms with Crippen LogP contribution < -0.4 is 0 Å². The van der Waals surface area contributed by atoms with Crippen LogP contribution in [-0.2, 0) is 6.42 Å². The molecule has 0 fully saturated rings. The number of carbonyl (C=O) groups is 1. The number of halogens is 1. The van der Waals surface area contributed by atoms with Gasteiger partial charge >= 0.3 is 0 Å². The van der Waals surface area contributed by atoms with Gasteiger partial charge in [-0.25, -0.2) is 0 Å². The number of para-hydroxylation sites is 1. The lowest BCUT2D eigenvalue weighted by molar-refractivity contribution is 0.0692. The molecule has 0 spiro atoms. The summed E-state index contributed by atoms with van der Waals surface area (Å²) in [4.78, 5) is 19.1. The summed E-state index contributed by atoms with van der Waals surface area (Å²) in [7, 11) is 0. The van der Waals surface area contributed by atoms with Crippen molar-refractivity contribution in [1.29, 1.82) is 0 Å². The van der Waals surface area contributed by atoms with Gasteiger partial charge < -0.3 is 9.88 Å². The van der Waals surface area contributed by atoms with Crippen molar-refractivity contribution in [2.75, 3.05) is 6.54 Å². The first-order valence-electron chi connectivity index (χ1n) is 9.85. The van der Waals surface area contributed by atoms with E-state index in [1.807, 2.05) is 23.1 Å². The van der Waals surface area contributed by atoms with Crippen molar-refractivity contribution in [3.05, 3.63) is 106 Å². The van der Waals surface area contributed by atoms with Crippen LogP contribution in [0.5, 0.6) is 0 Å². The van der Waals surface area contributed by atoms with Gasteiger partial charge in [0.05, 0.1) is 16.6 Å². The minimum atomic E-state index is -0.171. The Bertz CT molecular complexity index is 1230. The van der Waals surface area contributed by atoms with Gasteiger partial charge in [-0.2, -0.15) is 0 Å². The fourth-order valence-corrected chi connectivity index (χ4v) is 4.65. The van der Waals surface area contributed by atoms with Crippen LogP contribution in [0.4, 0.5) is 0 Å². The number of aromatic amines is 1. The van der Waals surface area contributed by atoms with Crippen LogP contribution in [-0.4, -0.2) is 22.3 Å². The average Bonchev–Trinajstić information content (AvgIpc) is 3.11. The molecular weight excluding hydrogens is 380 g/mol. The van der Waals surface area contributed by atoms with Crippen molar-refractivity contribution in [1.82, 2.24) is 9.88 Å². The predicted molar refractivity (Wildman–Crippen MR) is 118 cm³/mol. The first-order valence-corrected chi connectivity index (χ1v) is 10.2. The molecule has 1 aliphatic rings. The van der Waals surface area contributed by atoms with Gasteiger partial charge in [0, 0.05) is 23.1 Å². The molecule has 29 heavy (non-hydrogen) atoms. The van der Waals surface area contributed by atoms with E-state index in [2.05, 4.69) is 54.4 Å². The maximum Gasteiger partial charge on any atom is 0.256 e. The van der Waals surface area contributed by atoms with Crippen molar-refractivity contribution in [2.24, 2.45) is 0 Å². The smallest absolute Gasteiger partial charge is 0.256 e. The molecule has 0 saturated carbocycles. The Morgan fingerprint density at radius 3 is 2.66 bits per heavy atom. The van der Waals surface area contributed by atoms with Crippen LogP contribution in [0.15, 0.2) is 72.8 Å². The summed E-state index contributed by atoms with van der Waals surface area (Å²) in [6, 6.07) is 23.9. The number of nitrogens with zero attached hydrogens (tertiary/aromatic N) is 1. The van der Waals surface area contributed by atoms with Crippen LogP contribution in [0.2, 0.25) is 5.02 Å². The third-order valence-electron chi connectivity index (χ3n) is 5.76. The van der Waals surface area contributed by atoms with Crippen LogP contribution in [0.3, 0.4) is 0 Å². The van der Waals surface area contributed by atoms with E-state index in [1.54, 1.807) is 12.1 Å². The lowest BCUT2D eigenvalue weighted by atomic mass is 9.91. The Labute approximate surface area is 174 Å². The van der Waals surface area contributed by atoms with Gasteiger partial charge in [-0.15, -0.1) is 0 Å². The second kappa shape index (κ2) is 7.09. The second-order valence-electron chi connectivity index (χ2n) is 7.61. The number of rotatable bonds is 2. The monoisotopic (exact) mass is 400 g/mol. The molecule has 0 saturated heterocycles. The highest BCUT2D eigenvalue weighted by atomic mass is 35.5. The number of aromatic nitrogens is 1. The topological polar surface area (TPSA) is 36.1 Å². The highest BCUT2D eigenvalue weighted by Crippen LogP contribution is 2.39. The summed E-state index contributed by atoms with van der Waals surface area (Å²) < 4.78 is 0. The SMILES string of the molecule is Cc1cccc(C2c3[nH]c4ccccc4c3CCN2C(=O)c2ccccc2Cl)c1. The van der Waals surface area contributed by atoms with Crippen molar-refractivity contribution in [3.8, 4) is 0 Å². The van der Waals surface area contributed by atoms with E-state index in [0.29, 0.717) is 17.1 Å². The lowest BCUT2D eigenvalue weighted by Gasteiger charge is -2.36. The number of carbonyl (C=O) groups excluding carboxylic acids is 1. The second-order valence-corrected chi connectivity index (χ2v) is 8.02. The molecule has 1 atom stereocenters. The van der Waals surface area contributed by atoms with E-state index in [9.17, 15) is 4.79 Å². The number of amides is 1. The summed E-state index contributed by atoms with van der Waals surface area (Å²) >= 11 is 6.37. The molecule has 3 nitrogen and oxygen atoms in total. The Hall–Kier alpha value is -3.04. The van der Waals surface area contributed by atoms with Crippen molar-refractivity contribution in [2.45, 2.75) is 19.4 Å². The zero-order valence-electron chi connectivity index (χ0n) is 16.2. The van der Waals surface area contributed by atoms with Gasteiger partial charge in [0.15, 0.2) is 0 Å². The molecule has 4 heteroatoms. The molecular formula is C25H21ClN2O. The molecule has 1 amide bonds. The molecule has 5 rings (SSSR count). The third kappa shape index (κ3) is 3.02. The van der Waals surface area contributed by atoms with Gasteiger partial charge in [0.2, 0.25) is 0 Å². The van der Waals surface area contributed by atoms with Gasteiger partial charge in [-0.3, -0.25) is 4.79 Å². The third-order valence-corrected chi connectivity index (χ3v) is 6.09. The maximum atomic E-state index is 13.5. The van der Waals surface area contributed by atoms with Crippen LogP contribution in [0, 0.1) is 6.92 Å². The standard InChI is InChI=1S/C25H21ClN2O/c1-16-7-6-8-17(15-16)24-23-19(18-9-3-5-12-22(18)27-23)13-14-28(24)25(29)20-10-2-4-11-21(20)26/h2-12,15,24,27H,13-14H2,1H3. The fourth-order valence-electron chi connectivity index (χ4n) is 4.44. The number of H-pyrrole nitrogens is 1. The molecule has 0 radical (unpaired) electrons. The molecule has 1 unspecified atom stereocenters. The minimum Gasteiger partial charge on any atom is -0.356 e. The molecule has 144 valence electrons. The molecule has 0 bridgehead atoms. The summed E-state index contributed by atoms with van der Waals surface area (Å²) in [6.07, 6.45) is 0.817. The van der Waals surface area contributed by atoms with Gasteiger partial charge in [-0.05, 0) is 42.7 Å². The number of fused-ring (bicyclic) bond motifs is 3. The first-order chi connectivity index (χ1) is 14.1. The molecule has 1 N–H and O–H groups in total. The quantitative estimate of drug-likeness (QED) is 0.445. The Morgan fingerprint density at radius 2 is 1.83 bits per heavy atom. The van der Waals surface area contributed by atoms with Crippen LogP contribution in [0.1, 0.15) is 38.8 Å². The molecule has 4 aromatic rings. The lowest BCUT2D eigenvalue weighted by Crippen LogP contribution is -2.40. The van der Waals surface area contributed by atoms with E-state index in [0.717, 1.165) is 23.2 Å². The summed E-state index contributed by atoms with van der Waals surface area (Å²) in [5, 5.41) is 1.73. The Morgan fingerprint density at radius 1 is 1.03 bits per heavy atom. The number of benzene rings is 3. The average molecular weight is 401 g/mol. The van der Waals surface area contributed by atoms with Gasteiger partial charge in [0.25, 0.3) is 5.91 Å². The minimum absolute atomic E-state index is 0.0357. The summed E-state index contributed by atoms with van der Waals surface area (Å²) in [5.74, 6) is -0.0357.